The summed E-state index contributed by atoms with van der Waals surface area (Å²) in [6, 6.07) is 19.3. The molecule has 1 heterocycles. The molecule has 1 N–H and O–H groups in total. The smallest absolute Gasteiger partial charge is 0.134 e. The molecule has 6 heteroatoms. The van der Waals surface area contributed by atoms with Gasteiger partial charge in [-0.15, -0.1) is 0 Å². The van der Waals surface area contributed by atoms with Crippen molar-refractivity contribution in [1.82, 2.24) is 4.72 Å². The van der Waals surface area contributed by atoms with Gasteiger partial charge in [0.25, 0.3) is 0 Å². The van der Waals surface area contributed by atoms with Gasteiger partial charge in [0, 0.05) is 42.6 Å². The molecule has 1 aromatic heterocycles. The predicted octanol–water partition coefficient (Wildman–Crippen LogP) is 8.81. The van der Waals surface area contributed by atoms with Crippen LogP contribution in [0.3, 0.4) is 0 Å². The maximum Gasteiger partial charge on any atom is 0.134 e. The van der Waals surface area contributed by atoms with Gasteiger partial charge in [-0.1, -0.05) is 32.0 Å². The van der Waals surface area contributed by atoms with Crippen molar-refractivity contribution < 1.29 is 9.15 Å². The number of hydrogen-bond acceptors (Lipinski definition) is 6. The molecule has 0 aliphatic carbocycles. The lowest BCUT2D eigenvalue weighted by molar-refractivity contribution is -0.0101. The van der Waals surface area contributed by atoms with Gasteiger partial charge in [-0.25, -0.2) is 0 Å². The Hall–Kier alpha value is -2.72. The number of nitriles is 1. The Morgan fingerprint density at radius 2 is 1.68 bits per heavy atom. The summed E-state index contributed by atoms with van der Waals surface area (Å²) in [6.45, 7) is 17.6. The van der Waals surface area contributed by atoms with E-state index in [-0.39, 0.29) is 11.1 Å². The molecule has 0 saturated heterocycles. The molecule has 0 aliphatic rings. The molecule has 0 unspecified atom stereocenters. The summed E-state index contributed by atoms with van der Waals surface area (Å²) in [4.78, 5) is 3.00. The molecule has 0 saturated carbocycles. The maximum absolute atomic E-state index is 9.69. The van der Waals surface area contributed by atoms with Gasteiger partial charge < -0.3 is 14.1 Å². The van der Waals surface area contributed by atoms with Crippen LogP contribution in [-0.4, -0.2) is 30.8 Å². The van der Waals surface area contributed by atoms with Crippen molar-refractivity contribution in [3.8, 4) is 17.4 Å². The summed E-state index contributed by atoms with van der Waals surface area (Å²) in [6.07, 6.45) is 4.89. The molecule has 0 amide bonds. The molecular weight excluding hydrogens is 490 g/mol. The minimum atomic E-state index is -0.185. The number of nitrogens with zero attached hydrogens (tertiary/aromatic N) is 2. The van der Waals surface area contributed by atoms with Gasteiger partial charge in [0.2, 0.25) is 0 Å². The lowest BCUT2D eigenvalue weighted by Gasteiger charge is -2.27. The van der Waals surface area contributed by atoms with Gasteiger partial charge in [-0.3, -0.25) is 4.72 Å². The number of furan rings is 1. The van der Waals surface area contributed by atoms with Gasteiger partial charge in [0.1, 0.15) is 22.5 Å². The van der Waals surface area contributed by atoms with Gasteiger partial charge in [-0.2, -0.15) is 5.26 Å². The Morgan fingerprint density at radius 3 is 2.34 bits per heavy atom. The minimum Gasteiger partial charge on any atom is -0.457 e. The Balaban J connectivity index is 1.69. The standard InChI is InChI=1S/C32H43N3O2S/c1-8-17-35(18-9-2)27-13-12-24-20-26(11-10-25(24)21-27)30-15-14-28(37-30)22-29(23-33)38-34-32(6,7)16-19-36-31(3,4)5/h10-15,20-22,34H,8-9,16-19H2,1-7H3/b29-22+. The zero-order chi connectivity index (χ0) is 27.8. The van der Waals surface area contributed by atoms with Crippen molar-refractivity contribution in [3.63, 3.8) is 0 Å². The first-order chi connectivity index (χ1) is 18.0. The van der Waals surface area contributed by atoms with Crippen molar-refractivity contribution in [3.05, 3.63) is 59.2 Å². The average Bonchev–Trinajstić information content (AvgIpc) is 3.33. The highest BCUT2D eigenvalue weighted by molar-refractivity contribution is 8.01. The summed E-state index contributed by atoms with van der Waals surface area (Å²) in [5, 5.41) is 12.1. The van der Waals surface area contributed by atoms with Crippen LogP contribution in [0.5, 0.6) is 0 Å². The average molecular weight is 534 g/mol. The van der Waals surface area contributed by atoms with E-state index in [0.29, 0.717) is 17.3 Å². The third kappa shape index (κ3) is 8.94. The molecule has 3 aromatic rings. The van der Waals surface area contributed by atoms with E-state index in [1.165, 1.54) is 28.4 Å². The zero-order valence-electron chi connectivity index (χ0n) is 24.1. The predicted molar refractivity (Wildman–Crippen MR) is 163 cm³/mol. The first-order valence-corrected chi connectivity index (χ1v) is 14.4. The monoisotopic (exact) mass is 533 g/mol. The summed E-state index contributed by atoms with van der Waals surface area (Å²) in [5.74, 6) is 1.45. The van der Waals surface area contributed by atoms with Crippen molar-refractivity contribution in [2.45, 2.75) is 78.9 Å². The number of hydrogen-bond donors (Lipinski definition) is 1. The molecule has 2 aromatic carbocycles. The van der Waals surface area contributed by atoms with E-state index in [1.807, 2.05) is 12.1 Å². The van der Waals surface area contributed by atoms with Gasteiger partial charge in [-0.05, 0) is 107 Å². The fourth-order valence-electron chi connectivity index (χ4n) is 4.15. The fraction of sp³-hybridized carbons (Fsp3) is 0.469. The molecule has 0 aliphatic heterocycles. The molecule has 0 radical (unpaired) electrons. The van der Waals surface area contributed by atoms with Crippen LogP contribution >= 0.6 is 11.9 Å². The molecule has 0 spiro atoms. The molecule has 0 bridgehead atoms. The number of nitrogens with one attached hydrogen (secondary N) is 1. The number of rotatable bonds is 13. The van der Waals surface area contributed by atoms with E-state index in [9.17, 15) is 5.26 Å². The Bertz CT molecular complexity index is 1260. The van der Waals surface area contributed by atoms with E-state index in [1.54, 1.807) is 6.08 Å². The van der Waals surface area contributed by atoms with Crippen molar-refractivity contribution in [1.29, 1.82) is 5.26 Å². The number of ether oxygens (including phenoxy) is 1. The second kappa shape index (κ2) is 13.4. The number of anilines is 1. The van der Waals surface area contributed by atoms with Crippen molar-refractivity contribution >= 4 is 34.5 Å². The number of benzene rings is 2. The molecule has 204 valence electrons. The van der Waals surface area contributed by atoms with Crippen LogP contribution < -0.4 is 9.62 Å². The zero-order valence-corrected chi connectivity index (χ0v) is 24.9. The van der Waals surface area contributed by atoms with Crippen molar-refractivity contribution in [2.75, 3.05) is 24.6 Å². The normalized spacial score (nSPS) is 12.6. The largest absolute Gasteiger partial charge is 0.457 e. The minimum absolute atomic E-state index is 0.156. The molecule has 0 fully saturated rings. The Morgan fingerprint density at radius 1 is 1.00 bits per heavy atom. The summed E-state index contributed by atoms with van der Waals surface area (Å²) >= 11 is 1.33. The fourth-order valence-corrected chi connectivity index (χ4v) is 4.86. The van der Waals surface area contributed by atoms with E-state index in [2.05, 4.69) is 101 Å². The molecule has 5 nitrogen and oxygen atoms in total. The van der Waals surface area contributed by atoms with Crippen LogP contribution in [0.4, 0.5) is 5.69 Å². The van der Waals surface area contributed by atoms with Crippen molar-refractivity contribution in [2.24, 2.45) is 0 Å². The summed E-state index contributed by atoms with van der Waals surface area (Å²) in [7, 11) is 0. The van der Waals surface area contributed by atoms with Gasteiger partial charge in [0.15, 0.2) is 0 Å². The Kier molecular flexibility index (Phi) is 10.5. The molecule has 0 atom stereocenters. The van der Waals surface area contributed by atoms with Crippen LogP contribution in [0.2, 0.25) is 0 Å². The highest BCUT2D eigenvalue weighted by Crippen LogP contribution is 2.30. The van der Waals surface area contributed by atoms with E-state index in [0.717, 1.165) is 43.7 Å². The van der Waals surface area contributed by atoms with Crippen LogP contribution in [0.25, 0.3) is 28.2 Å². The van der Waals surface area contributed by atoms with Crippen LogP contribution in [0.1, 0.15) is 73.5 Å². The Labute approximate surface area is 233 Å². The highest BCUT2D eigenvalue weighted by Gasteiger charge is 2.20. The summed E-state index contributed by atoms with van der Waals surface area (Å²) < 4.78 is 15.4. The van der Waals surface area contributed by atoms with E-state index < -0.39 is 0 Å². The topological polar surface area (TPSA) is 61.4 Å². The van der Waals surface area contributed by atoms with E-state index in [4.69, 9.17) is 9.15 Å². The van der Waals surface area contributed by atoms with Crippen LogP contribution in [0.15, 0.2) is 57.9 Å². The highest BCUT2D eigenvalue weighted by atomic mass is 32.2. The third-order valence-corrected chi connectivity index (χ3v) is 7.25. The SMILES string of the molecule is CCCN(CCC)c1ccc2cc(-c3ccc(/C=C(\C#N)SNC(C)(C)CCOC(C)(C)C)o3)ccc2c1. The second-order valence-electron chi connectivity index (χ2n) is 11.4. The van der Waals surface area contributed by atoms with Gasteiger partial charge in [0.05, 0.1) is 5.60 Å². The maximum atomic E-state index is 9.69. The molecule has 3 rings (SSSR count). The second-order valence-corrected chi connectivity index (χ2v) is 12.2. The number of fused-ring (bicyclic) bond motifs is 1. The van der Waals surface area contributed by atoms with Crippen LogP contribution in [-0.2, 0) is 4.74 Å². The first kappa shape index (κ1) is 29.8. The van der Waals surface area contributed by atoms with Gasteiger partial charge >= 0.3 is 0 Å². The van der Waals surface area contributed by atoms with Crippen LogP contribution in [0, 0.1) is 11.3 Å². The third-order valence-electron chi connectivity index (χ3n) is 6.17. The lowest BCUT2D eigenvalue weighted by Crippen LogP contribution is -2.36. The number of allylic oxidation sites excluding steroid dienone is 1. The van der Waals surface area contributed by atoms with E-state index >= 15 is 0 Å². The quantitative estimate of drug-likeness (QED) is 0.175. The molecular formula is C32H43N3O2S. The first-order valence-electron chi connectivity index (χ1n) is 13.6. The summed E-state index contributed by atoms with van der Waals surface area (Å²) in [5.41, 5.74) is 1.96. The molecule has 38 heavy (non-hydrogen) atoms. The lowest BCUT2D eigenvalue weighted by atomic mass is 10.0.